The summed E-state index contributed by atoms with van der Waals surface area (Å²) in [7, 11) is 1.59. The van der Waals surface area contributed by atoms with Crippen molar-refractivity contribution in [3.05, 3.63) is 59.7 Å². The third-order valence-corrected chi connectivity index (χ3v) is 6.20. The van der Waals surface area contributed by atoms with Gasteiger partial charge in [-0.25, -0.2) is 4.39 Å². The highest BCUT2D eigenvalue weighted by atomic mass is 19.1. The summed E-state index contributed by atoms with van der Waals surface area (Å²) in [6, 6.07) is 9.30. The number of aromatic amines is 1. The maximum atomic E-state index is 13.4. The van der Waals surface area contributed by atoms with Gasteiger partial charge in [0.25, 0.3) is 0 Å². The summed E-state index contributed by atoms with van der Waals surface area (Å²) in [5, 5.41) is 15.9. The number of aliphatic carboxylic acids is 1. The molecule has 0 radical (unpaired) electrons. The molecule has 160 valence electrons. The number of halogens is 1. The summed E-state index contributed by atoms with van der Waals surface area (Å²) in [4.78, 5) is 17.4. The Morgan fingerprint density at radius 1 is 1.29 bits per heavy atom. The summed E-state index contributed by atoms with van der Waals surface area (Å²) >= 11 is 0. The Morgan fingerprint density at radius 3 is 2.84 bits per heavy atom. The molecule has 1 fully saturated rings. The van der Waals surface area contributed by atoms with Crippen molar-refractivity contribution in [3.8, 4) is 5.75 Å². The second-order valence-electron chi connectivity index (χ2n) is 7.89. The molecule has 7 nitrogen and oxygen atoms in total. The van der Waals surface area contributed by atoms with Gasteiger partial charge in [0.05, 0.1) is 18.3 Å². The fraction of sp³-hybridized carbons (Fsp3) is 0.304. The first-order valence-corrected chi connectivity index (χ1v) is 10.2. The Morgan fingerprint density at radius 2 is 2.10 bits per heavy atom. The van der Waals surface area contributed by atoms with Crippen molar-refractivity contribution in [3.63, 3.8) is 0 Å². The van der Waals surface area contributed by atoms with E-state index in [9.17, 15) is 14.3 Å². The number of carboxylic acids is 1. The standard InChI is InChI=1S/C23H22FN3O4/c1-30-18-4-2-3-15-17(12-25-21(15)18)22(23(28)29)27-9-7-13(8-10-27)20-16-6-5-14(24)11-19(16)31-26-20/h2-6,11-13,22,25H,7-10H2,1H3,(H,28,29)/t22-/m1/s1. The van der Waals surface area contributed by atoms with Gasteiger partial charge in [-0.1, -0.05) is 17.3 Å². The van der Waals surface area contributed by atoms with Crippen molar-refractivity contribution >= 4 is 27.8 Å². The van der Waals surface area contributed by atoms with Crippen LogP contribution in [0.3, 0.4) is 0 Å². The molecule has 0 unspecified atom stereocenters. The molecule has 1 aliphatic heterocycles. The van der Waals surface area contributed by atoms with Crippen molar-refractivity contribution in [2.75, 3.05) is 20.2 Å². The molecule has 4 aromatic rings. The molecule has 31 heavy (non-hydrogen) atoms. The summed E-state index contributed by atoms with van der Waals surface area (Å²) < 4.78 is 24.1. The van der Waals surface area contributed by atoms with Gasteiger partial charge in [0.1, 0.15) is 17.6 Å². The lowest BCUT2D eigenvalue weighted by Gasteiger charge is -2.35. The van der Waals surface area contributed by atoms with Gasteiger partial charge in [0.2, 0.25) is 0 Å². The number of piperidine rings is 1. The molecule has 2 N–H and O–H groups in total. The molecule has 2 aromatic carbocycles. The lowest BCUT2D eigenvalue weighted by atomic mass is 9.90. The zero-order valence-electron chi connectivity index (χ0n) is 17.0. The average Bonchev–Trinajstić information content (AvgIpc) is 3.38. The number of carbonyl (C=O) groups is 1. The van der Waals surface area contributed by atoms with Crippen molar-refractivity contribution in [2.45, 2.75) is 24.8 Å². The highest BCUT2D eigenvalue weighted by molar-refractivity contribution is 5.92. The maximum absolute atomic E-state index is 13.4. The largest absolute Gasteiger partial charge is 0.495 e. The van der Waals surface area contributed by atoms with Crippen LogP contribution in [0.1, 0.15) is 36.1 Å². The molecule has 1 saturated heterocycles. The van der Waals surface area contributed by atoms with Crippen LogP contribution < -0.4 is 4.74 Å². The van der Waals surface area contributed by atoms with Crippen LogP contribution in [0.4, 0.5) is 4.39 Å². The summed E-state index contributed by atoms with van der Waals surface area (Å²) in [5.41, 5.74) is 2.77. The highest BCUT2D eigenvalue weighted by Crippen LogP contribution is 2.38. The van der Waals surface area contributed by atoms with Crippen LogP contribution in [0.15, 0.2) is 47.1 Å². The normalized spacial score (nSPS) is 16.7. The van der Waals surface area contributed by atoms with E-state index in [1.54, 1.807) is 19.4 Å². The number of carboxylic acid groups (broad SMARTS) is 1. The number of nitrogens with zero attached hydrogens (tertiary/aromatic N) is 2. The predicted molar refractivity (Wildman–Crippen MR) is 113 cm³/mol. The van der Waals surface area contributed by atoms with Crippen LogP contribution in [-0.4, -0.2) is 46.3 Å². The zero-order valence-corrected chi connectivity index (χ0v) is 17.0. The second-order valence-corrected chi connectivity index (χ2v) is 7.89. The molecule has 0 aliphatic carbocycles. The van der Waals surface area contributed by atoms with Gasteiger partial charge in [-0.15, -0.1) is 0 Å². The van der Waals surface area contributed by atoms with Gasteiger partial charge >= 0.3 is 5.97 Å². The van der Waals surface area contributed by atoms with Gasteiger partial charge in [0.15, 0.2) is 5.58 Å². The smallest absolute Gasteiger partial charge is 0.325 e. The Bertz CT molecular complexity index is 1260. The van der Waals surface area contributed by atoms with E-state index in [1.165, 1.54) is 12.1 Å². The molecule has 0 amide bonds. The fourth-order valence-electron chi connectivity index (χ4n) is 4.69. The topological polar surface area (TPSA) is 91.6 Å². The molecule has 5 rings (SSSR count). The van der Waals surface area contributed by atoms with E-state index in [-0.39, 0.29) is 11.7 Å². The van der Waals surface area contributed by atoms with Crippen molar-refractivity contribution in [1.29, 1.82) is 0 Å². The van der Waals surface area contributed by atoms with Gasteiger partial charge in [0, 0.05) is 34.5 Å². The Balaban J connectivity index is 1.40. The minimum atomic E-state index is -0.885. The van der Waals surface area contributed by atoms with E-state index in [0.29, 0.717) is 24.4 Å². The number of hydrogen-bond acceptors (Lipinski definition) is 5. The second kappa shape index (κ2) is 7.70. The number of fused-ring (bicyclic) bond motifs is 2. The van der Waals surface area contributed by atoms with E-state index in [2.05, 4.69) is 10.1 Å². The highest BCUT2D eigenvalue weighted by Gasteiger charge is 2.34. The number of nitrogens with one attached hydrogen (secondary N) is 1. The zero-order chi connectivity index (χ0) is 21.5. The number of para-hydroxylation sites is 1. The quantitative estimate of drug-likeness (QED) is 0.492. The monoisotopic (exact) mass is 423 g/mol. The Labute approximate surface area is 177 Å². The molecule has 0 bridgehead atoms. The van der Waals surface area contributed by atoms with Gasteiger partial charge in [-0.05, 0) is 44.1 Å². The Kier molecular flexibility index (Phi) is 4.86. The van der Waals surface area contributed by atoms with Crippen molar-refractivity contribution in [2.24, 2.45) is 0 Å². The van der Waals surface area contributed by atoms with Crippen molar-refractivity contribution < 1.29 is 23.6 Å². The number of benzene rings is 2. The van der Waals surface area contributed by atoms with Gasteiger partial charge in [-0.2, -0.15) is 0 Å². The van der Waals surface area contributed by atoms with E-state index < -0.39 is 12.0 Å². The molecule has 3 heterocycles. The van der Waals surface area contributed by atoms with Crippen LogP contribution in [0.25, 0.3) is 21.9 Å². The lowest BCUT2D eigenvalue weighted by Crippen LogP contribution is -2.39. The van der Waals surface area contributed by atoms with Crippen LogP contribution >= 0.6 is 0 Å². The molecule has 8 heteroatoms. The van der Waals surface area contributed by atoms with Crippen LogP contribution in [0.2, 0.25) is 0 Å². The number of likely N-dealkylation sites (tertiary alicyclic amines) is 1. The first-order chi connectivity index (χ1) is 15.1. The van der Waals surface area contributed by atoms with E-state index in [4.69, 9.17) is 9.26 Å². The van der Waals surface area contributed by atoms with Gasteiger partial charge < -0.3 is 19.4 Å². The third kappa shape index (κ3) is 3.33. The Hall–Kier alpha value is -3.39. The predicted octanol–water partition coefficient (Wildman–Crippen LogP) is 4.46. The van der Waals surface area contributed by atoms with Crippen LogP contribution in [0.5, 0.6) is 5.75 Å². The lowest BCUT2D eigenvalue weighted by molar-refractivity contribution is -0.144. The third-order valence-electron chi connectivity index (χ3n) is 6.20. The average molecular weight is 423 g/mol. The number of hydrogen-bond donors (Lipinski definition) is 2. The first-order valence-electron chi connectivity index (χ1n) is 10.2. The van der Waals surface area contributed by atoms with Gasteiger partial charge in [-0.3, -0.25) is 9.69 Å². The minimum absolute atomic E-state index is 0.139. The first kappa shape index (κ1) is 19.6. The van der Waals surface area contributed by atoms with Crippen LogP contribution in [-0.2, 0) is 4.79 Å². The molecule has 0 saturated carbocycles. The molecule has 2 aromatic heterocycles. The fourth-order valence-corrected chi connectivity index (χ4v) is 4.69. The summed E-state index contributed by atoms with van der Waals surface area (Å²) in [6.07, 6.45) is 3.25. The summed E-state index contributed by atoms with van der Waals surface area (Å²) in [6.45, 7) is 1.21. The van der Waals surface area contributed by atoms with E-state index in [0.717, 1.165) is 40.4 Å². The molecule has 1 aliphatic rings. The number of H-pyrrole nitrogens is 1. The van der Waals surface area contributed by atoms with Crippen LogP contribution in [0, 0.1) is 5.82 Å². The number of methoxy groups -OCH3 is 1. The number of rotatable bonds is 5. The SMILES string of the molecule is COc1cccc2c([C@H](C(=O)O)N3CCC(c4noc5cc(F)ccc45)CC3)c[nH]c12. The molecule has 1 atom stereocenters. The van der Waals surface area contributed by atoms with E-state index in [1.807, 2.05) is 23.1 Å². The van der Waals surface area contributed by atoms with Crippen molar-refractivity contribution in [1.82, 2.24) is 15.0 Å². The number of ether oxygens (including phenoxy) is 1. The maximum Gasteiger partial charge on any atom is 0.325 e. The number of aromatic nitrogens is 2. The summed E-state index contributed by atoms with van der Waals surface area (Å²) in [5.74, 6) is -0.421. The van der Waals surface area contributed by atoms with E-state index >= 15 is 0 Å². The molecule has 0 spiro atoms. The molecular weight excluding hydrogens is 401 g/mol. The molecular formula is C23H22FN3O4. The minimum Gasteiger partial charge on any atom is -0.495 e.